The Bertz CT molecular complexity index is 1140. The summed E-state index contributed by atoms with van der Waals surface area (Å²) in [7, 11) is 0. The van der Waals surface area contributed by atoms with Gasteiger partial charge in [-0.2, -0.15) is 0 Å². The van der Waals surface area contributed by atoms with Crippen LogP contribution in [-0.4, -0.2) is 17.7 Å². The van der Waals surface area contributed by atoms with Gasteiger partial charge in [0.25, 0.3) is 5.91 Å². The molecule has 7 rings (SSSR count). The molecule has 7 heteroatoms. The molecule has 1 saturated heterocycles. The van der Waals surface area contributed by atoms with Crippen molar-refractivity contribution < 1.29 is 14.4 Å². The van der Waals surface area contributed by atoms with E-state index in [-0.39, 0.29) is 46.4 Å². The van der Waals surface area contributed by atoms with Gasteiger partial charge in [-0.3, -0.25) is 19.3 Å². The summed E-state index contributed by atoms with van der Waals surface area (Å²) >= 11 is 12.1. The molecule has 0 radical (unpaired) electrons. The van der Waals surface area contributed by atoms with Crippen molar-refractivity contribution in [2.75, 3.05) is 10.2 Å². The Kier molecular flexibility index (Phi) is 4.11. The fraction of sp³-hybridized carbons (Fsp3) is 0.292. The van der Waals surface area contributed by atoms with E-state index in [4.69, 9.17) is 23.2 Å². The van der Waals surface area contributed by atoms with E-state index in [2.05, 4.69) is 17.5 Å². The Hall–Kier alpha value is -2.63. The quantitative estimate of drug-likeness (QED) is 0.536. The number of hydrogen-bond acceptors (Lipinski definition) is 3. The molecule has 5 aliphatic rings. The van der Waals surface area contributed by atoms with Crippen molar-refractivity contribution in [3.8, 4) is 0 Å². The van der Waals surface area contributed by atoms with E-state index in [1.54, 1.807) is 42.5 Å². The van der Waals surface area contributed by atoms with Gasteiger partial charge in [-0.1, -0.05) is 41.4 Å². The zero-order chi connectivity index (χ0) is 21.4. The Balaban J connectivity index is 1.24. The van der Waals surface area contributed by atoms with Gasteiger partial charge in [0.1, 0.15) is 0 Å². The van der Waals surface area contributed by atoms with E-state index in [0.29, 0.717) is 33.8 Å². The molecule has 3 amide bonds. The van der Waals surface area contributed by atoms with Crippen LogP contribution < -0.4 is 10.2 Å². The minimum absolute atomic E-state index is 0.109. The monoisotopic (exact) mass is 452 g/mol. The average Bonchev–Trinajstić information content (AvgIpc) is 3.55. The number of rotatable bonds is 3. The molecular formula is C24H18Cl2N2O3. The lowest BCUT2D eigenvalue weighted by Crippen LogP contribution is -2.40. The molecule has 0 aromatic heterocycles. The molecule has 31 heavy (non-hydrogen) atoms. The lowest BCUT2D eigenvalue weighted by molar-refractivity contribution is -0.124. The van der Waals surface area contributed by atoms with Crippen LogP contribution in [0, 0.1) is 35.5 Å². The standard InChI is InChI=1S/C24H18Cl2N2O3/c25-17-2-1-3-18(21(17)26)27-22(29)11-4-6-12(7-5-11)28-23(30)19-13-8-9-14(16-10-15(13)16)20(19)24(28)31/h1-9,13-16,19-20H,10H2,(H,27,29)/t13-,14-,15-,16+,19-,20+/m0/s1. The number of carbonyl (C=O) groups is 3. The first kappa shape index (κ1) is 19.1. The zero-order valence-electron chi connectivity index (χ0n) is 16.3. The second kappa shape index (κ2) is 6.68. The molecule has 1 N–H and O–H groups in total. The molecule has 2 bridgehead atoms. The molecule has 156 valence electrons. The smallest absolute Gasteiger partial charge is 0.255 e. The summed E-state index contributed by atoms with van der Waals surface area (Å²) in [5, 5.41) is 3.35. The lowest BCUT2D eigenvalue weighted by atomic mass is 9.63. The van der Waals surface area contributed by atoms with Crippen LogP contribution in [0.1, 0.15) is 16.8 Å². The van der Waals surface area contributed by atoms with E-state index >= 15 is 0 Å². The molecule has 6 atom stereocenters. The summed E-state index contributed by atoms with van der Waals surface area (Å²) in [6.07, 6.45) is 5.45. The van der Waals surface area contributed by atoms with Crippen molar-refractivity contribution in [1.29, 1.82) is 0 Å². The van der Waals surface area contributed by atoms with Gasteiger partial charge in [-0.05, 0) is 66.5 Å². The number of nitrogens with one attached hydrogen (secondary N) is 1. The Morgan fingerprint density at radius 1 is 0.903 bits per heavy atom. The van der Waals surface area contributed by atoms with Gasteiger partial charge in [0.05, 0.1) is 33.3 Å². The van der Waals surface area contributed by atoms with E-state index in [1.807, 2.05) is 0 Å². The van der Waals surface area contributed by atoms with Crippen molar-refractivity contribution in [2.24, 2.45) is 35.5 Å². The van der Waals surface area contributed by atoms with E-state index in [9.17, 15) is 14.4 Å². The second-order valence-electron chi connectivity index (χ2n) is 8.77. The normalized spacial score (nSPS) is 32.1. The van der Waals surface area contributed by atoms with Crippen LogP contribution >= 0.6 is 23.2 Å². The summed E-state index contributed by atoms with van der Waals surface area (Å²) in [6.45, 7) is 0. The van der Waals surface area contributed by atoms with Crippen molar-refractivity contribution in [1.82, 2.24) is 0 Å². The van der Waals surface area contributed by atoms with Gasteiger partial charge in [-0.15, -0.1) is 0 Å². The minimum Gasteiger partial charge on any atom is -0.321 e. The highest BCUT2D eigenvalue weighted by molar-refractivity contribution is 6.44. The summed E-state index contributed by atoms with van der Waals surface area (Å²) in [5.41, 5.74) is 1.31. The van der Waals surface area contributed by atoms with Crippen LogP contribution in [0.25, 0.3) is 0 Å². The SMILES string of the molecule is O=C(Nc1cccc(Cl)c1Cl)c1ccc(N2C(=O)[C@@H]3[C@H]4C=C[C@@H]([C@@H]5C[C@H]45)[C@@H]3C2=O)cc1. The van der Waals surface area contributed by atoms with Gasteiger partial charge >= 0.3 is 0 Å². The highest BCUT2D eigenvalue weighted by Crippen LogP contribution is 2.65. The van der Waals surface area contributed by atoms with Crippen LogP contribution in [0.15, 0.2) is 54.6 Å². The molecule has 2 aromatic rings. The third-order valence-corrected chi connectivity index (χ3v) is 8.07. The Morgan fingerprint density at radius 2 is 1.52 bits per heavy atom. The molecule has 5 nitrogen and oxygen atoms in total. The molecule has 0 unspecified atom stereocenters. The second-order valence-corrected chi connectivity index (χ2v) is 9.55. The minimum atomic E-state index is -0.356. The number of hydrogen-bond donors (Lipinski definition) is 1. The first-order valence-electron chi connectivity index (χ1n) is 10.4. The number of halogens is 2. The number of benzene rings is 2. The third-order valence-electron chi connectivity index (χ3n) is 7.25. The van der Waals surface area contributed by atoms with E-state index in [0.717, 1.165) is 6.42 Å². The molecule has 2 aromatic carbocycles. The van der Waals surface area contributed by atoms with E-state index in [1.165, 1.54) is 4.90 Å². The molecule has 3 fully saturated rings. The van der Waals surface area contributed by atoms with Crippen LogP contribution in [-0.2, 0) is 9.59 Å². The molecule has 4 aliphatic carbocycles. The van der Waals surface area contributed by atoms with Gasteiger partial charge < -0.3 is 5.32 Å². The molecule has 0 spiro atoms. The topological polar surface area (TPSA) is 66.5 Å². The van der Waals surface area contributed by atoms with Crippen LogP contribution in [0.2, 0.25) is 10.0 Å². The van der Waals surface area contributed by atoms with Crippen molar-refractivity contribution in [2.45, 2.75) is 6.42 Å². The van der Waals surface area contributed by atoms with Crippen molar-refractivity contribution in [3.05, 3.63) is 70.2 Å². The zero-order valence-corrected chi connectivity index (χ0v) is 17.8. The molecule has 1 aliphatic heterocycles. The average molecular weight is 453 g/mol. The number of anilines is 2. The summed E-state index contributed by atoms with van der Waals surface area (Å²) in [6, 6.07) is 11.5. The fourth-order valence-corrected chi connectivity index (χ4v) is 6.12. The third kappa shape index (κ3) is 2.73. The maximum atomic E-state index is 13.2. The summed E-state index contributed by atoms with van der Waals surface area (Å²) in [5.74, 6) is 0.465. The van der Waals surface area contributed by atoms with E-state index < -0.39 is 0 Å². The van der Waals surface area contributed by atoms with Crippen LogP contribution in [0.3, 0.4) is 0 Å². The molecule has 2 saturated carbocycles. The fourth-order valence-electron chi connectivity index (χ4n) is 5.77. The predicted octanol–water partition coefficient (Wildman–Crippen LogP) is 4.80. The first-order chi connectivity index (χ1) is 15.0. The first-order valence-corrected chi connectivity index (χ1v) is 11.1. The highest BCUT2D eigenvalue weighted by Gasteiger charge is 2.67. The maximum absolute atomic E-state index is 13.2. The van der Waals surface area contributed by atoms with Crippen LogP contribution in [0.4, 0.5) is 11.4 Å². The lowest BCUT2D eigenvalue weighted by Gasteiger charge is -2.37. The van der Waals surface area contributed by atoms with Gasteiger partial charge in [-0.25, -0.2) is 0 Å². The number of amides is 3. The van der Waals surface area contributed by atoms with Gasteiger partial charge in [0.2, 0.25) is 11.8 Å². The van der Waals surface area contributed by atoms with Gasteiger partial charge in [0, 0.05) is 5.56 Å². The number of allylic oxidation sites excluding steroid dienone is 2. The van der Waals surface area contributed by atoms with Crippen molar-refractivity contribution >= 4 is 52.3 Å². The number of imide groups is 1. The number of carbonyl (C=O) groups excluding carboxylic acids is 3. The largest absolute Gasteiger partial charge is 0.321 e. The highest BCUT2D eigenvalue weighted by atomic mass is 35.5. The summed E-state index contributed by atoms with van der Waals surface area (Å²) < 4.78 is 0. The molecular weight excluding hydrogens is 435 g/mol. The Labute approximate surface area is 189 Å². The molecule has 1 heterocycles. The maximum Gasteiger partial charge on any atom is 0.255 e. The van der Waals surface area contributed by atoms with Crippen molar-refractivity contribution in [3.63, 3.8) is 0 Å². The number of nitrogens with zero attached hydrogens (tertiary/aromatic N) is 1. The van der Waals surface area contributed by atoms with Gasteiger partial charge in [0.15, 0.2) is 0 Å². The van der Waals surface area contributed by atoms with Crippen LogP contribution in [0.5, 0.6) is 0 Å². The predicted molar refractivity (Wildman–Crippen MR) is 118 cm³/mol. The summed E-state index contributed by atoms with van der Waals surface area (Å²) in [4.78, 5) is 40.3. The Morgan fingerprint density at radius 3 is 2.13 bits per heavy atom.